The molecule has 70 valence electrons. The predicted octanol–water partition coefficient (Wildman–Crippen LogP) is 1.49. The molecule has 0 aliphatic carbocycles. The van der Waals surface area contributed by atoms with Crippen LogP contribution in [0.5, 0.6) is 0 Å². The lowest BCUT2D eigenvalue weighted by Crippen LogP contribution is -2.62. The molecule has 12 heavy (non-hydrogen) atoms. The molecule has 2 amide bonds. The Bertz CT molecular complexity index is 195. The molecule has 0 aromatic carbocycles. The molecule has 1 rings (SSSR count). The van der Waals surface area contributed by atoms with Crippen molar-refractivity contribution in [1.82, 2.24) is 10.6 Å². The first-order chi connectivity index (χ1) is 5.35. The molecule has 1 atom stereocenters. The van der Waals surface area contributed by atoms with Crippen molar-refractivity contribution in [2.45, 2.75) is 39.7 Å². The van der Waals surface area contributed by atoms with Crippen LogP contribution in [0.1, 0.15) is 34.1 Å². The zero-order valence-corrected chi connectivity index (χ0v) is 8.32. The lowest BCUT2D eigenvalue weighted by atomic mass is 9.72. The Morgan fingerprint density at radius 1 is 1.42 bits per heavy atom. The maximum Gasteiger partial charge on any atom is 0.315 e. The molecule has 0 saturated carbocycles. The number of nitrogens with one attached hydrogen (secondary N) is 2. The van der Waals surface area contributed by atoms with E-state index in [1.165, 1.54) is 0 Å². The third-order valence-electron chi connectivity index (χ3n) is 2.96. The van der Waals surface area contributed by atoms with Gasteiger partial charge in [0, 0.05) is 12.1 Å². The van der Waals surface area contributed by atoms with E-state index >= 15 is 0 Å². The van der Waals surface area contributed by atoms with Gasteiger partial charge >= 0.3 is 6.03 Å². The largest absolute Gasteiger partial charge is 0.338 e. The second kappa shape index (κ2) is 2.64. The van der Waals surface area contributed by atoms with Gasteiger partial charge in [-0.1, -0.05) is 20.8 Å². The average molecular weight is 170 g/mol. The number of carbonyl (C=O) groups is 1. The third kappa shape index (κ3) is 1.54. The summed E-state index contributed by atoms with van der Waals surface area (Å²) in [5.41, 5.74) is 0.0418. The van der Waals surface area contributed by atoms with Crippen molar-refractivity contribution in [2.75, 3.05) is 6.54 Å². The summed E-state index contributed by atoms with van der Waals surface area (Å²) in [5.74, 6) is 0. The van der Waals surface area contributed by atoms with Crippen LogP contribution in [0.4, 0.5) is 4.79 Å². The Balaban J connectivity index is 2.77. The Morgan fingerprint density at radius 3 is 2.33 bits per heavy atom. The average Bonchev–Trinajstić information content (AvgIpc) is 1.83. The van der Waals surface area contributed by atoms with Crippen LogP contribution in [0.2, 0.25) is 0 Å². The van der Waals surface area contributed by atoms with Crippen molar-refractivity contribution in [3.63, 3.8) is 0 Å². The van der Waals surface area contributed by atoms with Crippen LogP contribution < -0.4 is 10.6 Å². The molecular weight excluding hydrogens is 152 g/mol. The van der Waals surface area contributed by atoms with Gasteiger partial charge in [-0.25, -0.2) is 4.79 Å². The fourth-order valence-electron chi connectivity index (χ4n) is 1.35. The van der Waals surface area contributed by atoms with Crippen molar-refractivity contribution < 1.29 is 4.79 Å². The Kier molecular flexibility index (Phi) is 2.06. The van der Waals surface area contributed by atoms with Gasteiger partial charge in [0.05, 0.1) is 0 Å². The lowest BCUT2D eigenvalue weighted by Gasteiger charge is -2.45. The third-order valence-corrected chi connectivity index (χ3v) is 2.96. The van der Waals surface area contributed by atoms with Gasteiger partial charge in [-0.3, -0.25) is 0 Å². The van der Waals surface area contributed by atoms with Crippen molar-refractivity contribution in [1.29, 1.82) is 0 Å². The van der Waals surface area contributed by atoms with E-state index in [1.54, 1.807) is 0 Å². The van der Waals surface area contributed by atoms with Crippen LogP contribution in [0.25, 0.3) is 0 Å². The van der Waals surface area contributed by atoms with Crippen LogP contribution in [0.15, 0.2) is 0 Å². The van der Waals surface area contributed by atoms with E-state index in [1.807, 2.05) is 0 Å². The Morgan fingerprint density at radius 2 is 2.00 bits per heavy atom. The van der Waals surface area contributed by atoms with Gasteiger partial charge in [0.2, 0.25) is 0 Å². The summed E-state index contributed by atoms with van der Waals surface area (Å²) >= 11 is 0. The van der Waals surface area contributed by atoms with Gasteiger partial charge in [-0.15, -0.1) is 0 Å². The van der Waals surface area contributed by atoms with Gasteiger partial charge in [-0.05, 0) is 18.8 Å². The van der Waals surface area contributed by atoms with Gasteiger partial charge in [0.15, 0.2) is 0 Å². The number of rotatable bonds is 0. The lowest BCUT2D eigenvalue weighted by molar-refractivity contribution is 0.131. The summed E-state index contributed by atoms with van der Waals surface area (Å²) in [6, 6.07) is -0.0429. The minimum atomic E-state index is -0.0741. The molecule has 0 aromatic rings. The molecule has 1 aliphatic heterocycles. The highest BCUT2D eigenvalue weighted by Gasteiger charge is 2.40. The number of carbonyl (C=O) groups excluding carboxylic acids is 1. The van der Waals surface area contributed by atoms with Crippen molar-refractivity contribution in [3.05, 3.63) is 0 Å². The van der Waals surface area contributed by atoms with E-state index in [4.69, 9.17) is 0 Å². The molecule has 1 heterocycles. The van der Waals surface area contributed by atoms with E-state index in [-0.39, 0.29) is 17.0 Å². The van der Waals surface area contributed by atoms with Crippen molar-refractivity contribution in [2.24, 2.45) is 5.41 Å². The quantitative estimate of drug-likeness (QED) is 0.568. The van der Waals surface area contributed by atoms with E-state index in [0.717, 1.165) is 13.0 Å². The van der Waals surface area contributed by atoms with Gasteiger partial charge < -0.3 is 10.6 Å². The van der Waals surface area contributed by atoms with Crippen LogP contribution >= 0.6 is 0 Å². The predicted molar refractivity (Wildman–Crippen MR) is 49.0 cm³/mol. The molecule has 3 heteroatoms. The molecule has 1 saturated heterocycles. The molecule has 0 radical (unpaired) electrons. The number of hydrogen-bond acceptors (Lipinski definition) is 1. The number of urea groups is 1. The molecule has 0 bridgehead atoms. The Hall–Kier alpha value is -0.730. The van der Waals surface area contributed by atoms with Crippen molar-refractivity contribution >= 4 is 6.03 Å². The van der Waals surface area contributed by atoms with Gasteiger partial charge in [0.1, 0.15) is 0 Å². The SMILES string of the molecule is CC(C)(C)C1(C)CCNC(=O)N1. The summed E-state index contributed by atoms with van der Waals surface area (Å²) < 4.78 is 0. The van der Waals surface area contributed by atoms with Crippen LogP contribution in [0, 0.1) is 5.41 Å². The zero-order valence-electron chi connectivity index (χ0n) is 8.32. The fourth-order valence-corrected chi connectivity index (χ4v) is 1.35. The fraction of sp³-hybridized carbons (Fsp3) is 0.889. The van der Waals surface area contributed by atoms with Crippen LogP contribution in [-0.4, -0.2) is 18.1 Å². The highest BCUT2D eigenvalue weighted by molar-refractivity contribution is 5.75. The molecule has 1 fully saturated rings. The van der Waals surface area contributed by atoms with Gasteiger partial charge in [-0.2, -0.15) is 0 Å². The highest BCUT2D eigenvalue weighted by atomic mass is 16.2. The first kappa shape index (κ1) is 9.36. The molecule has 0 aromatic heterocycles. The topological polar surface area (TPSA) is 41.1 Å². The standard InChI is InChI=1S/C9H18N2O/c1-8(2,3)9(4)5-6-10-7(12)11-9/h5-6H2,1-4H3,(H2,10,11,12). The molecular formula is C9H18N2O. The summed E-state index contributed by atoms with van der Waals surface area (Å²) in [6.45, 7) is 9.33. The molecule has 1 aliphatic rings. The first-order valence-electron chi connectivity index (χ1n) is 4.41. The second-order valence-corrected chi connectivity index (χ2v) is 4.71. The van der Waals surface area contributed by atoms with E-state index < -0.39 is 0 Å². The minimum absolute atomic E-state index is 0.0429. The smallest absolute Gasteiger partial charge is 0.315 e. The van der Waals surface area contributed by atoms with Gasteiger partial charge in [0.25, 0.3) is 0 Å². The van der Waals surface area contributed by atoms with E-state index in [0.29, 0.717) is 0 Å². The van der Waals surface area contributed by atoms with Crippen molar-refractivity contribution in [3.8, 4) is 0 Å². The van der Waals surface area contributed by atoms with Crippen LogP contribution in [-0.2, 0) is 0 Å². The molecule has 3 nitrogen and oxygen atoms in total. The van der Waals surface area contributed by atoms with E-state index in [2.05, 4.69) is 38.3 Å². The summed E-state index contributed by atoms with van der Waals surface area (Å²) in [5, 5.41) is 5.74. The number of amides is 2. The second-order valence-electron chi connectivity index (χ2n) is 4.71. The van der Waals surface area contributed by atoms with Crippen LogP contribution in [0.3, 0.4) is 0 Å². The molecule has 1 unspecified atom stereocenters. The highest BCUT2D eigenvalue weighted by Crippen LogP contribution is 2.33. The maximum atomic E-state index is 11.1. The minimum Gasteiger partial charge on any atom is -0.338 e. The molecule has 2 N–H and O–H groups in total. The summed E-state index contributed by atoms with van der Waals surface area (Å²) in [6.07, 6.45) is 0.988. The first-order valence-corrected chi connectivity index (χ1v) is 4.41. The maximum absolute atomic E-state index is 11.1. The summed E-state index contributed by atoms with van der Waals surface area (Å²) in [7, 11) is 0. The summed E-state index contributed by atoms with van der Waals surface area (Å²) in [4.78, 5) is 11.1. The monoisotopic (exact) mass is 170 g/mol. The number of hydrogen-bond donors (Lipinski definition) is 2. The van der Waals surface area contributed by atoms with E-state index in [9.17, 15) is 4.79 Å². The molecule has 0 spiro atoms. The zero-order chi connectivity index (χ0) is 9.41. The normalized spacial score (nSPS) is 30.8. The Labute approximate surface area is 73.9 Å².